The SMILES string of the molecule is COc1ccc(N2C(=O)C(=O)/C(=C(/O)c3ccc(C)cc3)C2c2c(C)[nH]c3ccccc23)cc1. The molecular weight excluding hydrogens is 428 g/mol. The number of Topliss-reactive ketones (excluding diaryl/α,β-unsaturated/α-hetero) is 1. The number of fused-ring (bicyclic) bond motifs is 1. The number of methoxy groups -OCH3 is 1. The molecule has 1 unspecified atom stereocenters. The van der Waals surface area contributed by atoms with Gasteiger partial charge in [-0.2, -0.15) is 0 Å². The van der Waals surface area contributed by atoms with Gasteiger partial charge in [0.05, 0.1) is 18.7 Å². The predicted molar refractivity (Wildman–Crippen MR) is 132 cm³/mol. The summed E-state index contributed by atoms with van der Waals surface area (Å²) >= 11 is 0. The highest BCUT2D eigenvalue weighted by Gasteiger charge is 2.48. The van der Waals surface area contributed by atoms with E-state index in [0.29, 0.717) is 17.0 Å². The van der Waals surface area contributed by atoms with Crippen LogP contribution in [0.15, 0.2) is 78.4 Å². The van der Waals surface area contributed by atoms with Crippen LogP contribution in [-0.4, -0.2) is 28.9 Å². The number of aliphatic hydroxyl groups is 1. The van der Waals surface area contributed by atoms with Crippen molar-refractivity contribution in [2.75, 3.05) is 12.0 Å². The fourth-order valence-corrected chi connectivity index (χ4v) is 4.63. The van der Waals surface area contributed by atoms with Crippen LogP contribution >= 0.6 is 0 Å². The molecule has 4 aromatic rings. The summed E-state index contributed by atoms with van der Waals surface area (Å²) in [5.41, 5.74) is 4.62. The number of aromatic nitrogens is 1. The zero-order valence-corrected chi connectivity index (χ0v) is 19.1. The Morgan fingerprint density at radius 1 is 0.941 bits per heavy atom. The molecule has 2 N–H and O–H groups in total. The minimum atomic E-state index is -0.800. The molecule has 1 fully saturated rings. The first-order valence-corrected chi connectivity index (χ1v) is 11.0. The van der Waals surface area contributed by atoms with Gasteiger partial charge in [-0.05, 0) is 44.2 Å². The second-order valence-corrected chi connectivity index (χ2v) is 8.44. The zero-order chi connectivity index (χ0) is 24.0. The van der Waals surface area contributed by atoms with Gasteiger partial charge in [0.2, 0.25) is 0 Å². The van der Waals surface area contributed by atoms with Gasteiger partial charge < -0.3 is 14.8 Å². The summed E-state index contributed by atoms with van der Waals surface area (Å²) in [5.74, 6) is -0.957. The van der Waals surface area contributed by atoms with Crippen molar-refractivity contribution in [2.24, 2.45) is 0 Å². The van der Waals surface area contributed by atoms with Gasteiger partial charge in [-0.1, -0.05) is 48.0 Å². The maximum atomic E-state index is 13.4. The van der Waals surface area contributed by atoms with Crippen LogP contribution in [0.2, 0.25) is 0 Å². The number of hydrogen-bond donors (Lipinski definition) is 2. The Labute approximate surface area is 197 Å². The van der Waals surface area contributed by atoms with Crippen LogP contribution in [0.4, 0.5) is 5.69 Å². The predicted octanol–water partition coefficient (Wildman–Crippen LogP) is 5.42. The summed E-state index contributed by atoms with van der Waals surface area (Å²) in [5, 5.41) is 12.2. The Balaban J connectivity index is 1.79. The van der Waals surface area contributed by atoms with E-state index in [-0.39, 0.29) is 11.3 Å². The minimum Gasteiger partial charge on any atom is -0.507 e. The number of para-hydroxylation sites is 1. The monoisotopic (exact) mass is 452 g/mol. The number of anilines is 1. The van der Waals surface area contributed by atoms with Crippen LogP contribution in [0.5, 0.6) is 5.75 Å². The summed E-state index contributed by atoms with van der Waals surface area (Å²) in [6.07, 6.45) is 0. The maximum Gasteiger partial charge on any atom is 0.300 e. The molecule has 6 nitrogen and oxygen atoms in total. The van der Waals surface area contributed by atoms with Crippen molar-refractivity contribution in [3.8, 4) is 5.75 Å². The Bertz CT molecular complexity index is 1450. The average Bonchev–Trinajstić information content (AvgIpc) is 3.31. The van der Waals surface area contributed by atoms with Gasteiger partial charge >= 0.3 is 0 Å². The number of benzene rings is 3. The first-order chi connectivity index (χ1) is 16.4. The van der Waals surface area contributed by atoms with E-state index in [2.05, 4.69) is 4.98 Å². The standard InChI is InChI=1S/C28H24N2O4/c1-16-8-10-18(11-9-16)26(31)24-25(23-17(2)29-22-7-5-4-6-21(22)23)30(28(33)27(24)32)19-12-14-20(34-3)15-13-19/h4-15,25,29,31H,1-3H3/b26-24+. The molecule has 0 bridgehead atoms. The van der Waals surface area contributed by atoms with Gasteiger partial charge in [0.1, 0.15) is 11.5 Å². The lowest BCUT2D eigenvalue weighted by atomic mass is 9.93. The number of H-pyrrole nitrogens is 1. The third-order valence-electron chi connectivity index (χ3n) is 6.34. The molecule has 1 aliphatic rings. The third kappa shape index (κ3) is 3.35. The van der Waals surface area contributed by atoms with E-state index < -0.39 is 17.7 Å². The van der Waals surface area contributed by atoms with Gasteiger partial charge in [0.25, 0.3) is 11.7 Å². The number of amides is 1. The lowest BCUT2D eigenvalue weighted by molar-refractivity contribution is -0.132. The lowest BCUT2D eigenvalue weighted by Crippen LogP contribution is -2.29. The van der Waals surface area contributed by atoms with Crippen LogP contribution in [0.1, 0.15) is 28.4 Å². The summed E-state index contributed by atoms with van der Waals surface area (Å²) in [6.45, 7) is 3.86. The Hall–Kier alpha value is -4.32. The second kappa shape index (κ2) is 8.23. The minimum absolute atomic E-state index is 0.0672. The van der Waals surface area contributed by atoms with Gasteiger partial charge in [0, 0.05) is 33.4 Å². The number of ether oxygens (including phenoxy) is 1. The van der Waals surface area contributed by atoms with Crippen molar-refractivity contribution in [3.05, 3.63) is 101 Å². The average molecular weight is 453 g/mol. The molecule has 0 radical (unpaired) electrons. The second-order valence-electron chi connectivity index (χ2n) is 8.44. The first-order valence-electron chi connectivity index (χ1n) is 11.0. The molecule has 1 atom stereocenters. The van der Waals surface area contributed by atoms with Gasteiger partial charge in [-0.25, -0.2) is 0 Å². The number of rotatable bonds is 4. The molecule has 1 aromatic heterocycles. The van der Waals surface area contributed by atoms with Crippen molar-refractivity contribution in [1.29, 1.82) is 0 Å². The van der Waals surface area contributed by atoms with E-state index in [1.54, 1.807) is 43.5 Å². The number of nitrogens with zero attached hydrogens (tertiary/aromatic N) is 1. The Kier molecular flexibility index (Phi) is 5.21. The molecular formula is C28H24N2O4. The van der Waals surface area contributed by atoms with Crippen LogP contribution in [-0.2, 0) is 9.59 Å². The molecule has 6 heteroatoms. The van der Waals surface area contributed by atoms with Crippen LogP contribution < -0.4 is 9.64 Å². The van der Waals surface area contributed by atoms with Crippen molar-refractivity contribution < 1.29 is 19.4 Å². The molecule has 1 aliphatic heterocycles. The molecule has 2 heterocycles. The van der Waals surface area contributed by atoms with E-state index in [1.807, 2.05) is 50.2 Å². The number of aryl methyl sites for hydroxylation is 2. The smallest absolute Gasteiger partial charge is 0.300 e. The highest BCUT2D eigenvalue weighted by molar-refractivity contribution is 6.52. The summed E-state index contributed by atoms with van der Waals surface area (Å²) in [7, 11) is 1.57. The van der Waals surface area contributed by atoms with Crippen molar-refractivity contribution in [2.45, 2.75) is 19.9 Å². The molecule has 1 amide bonds. The zero-order valence-electron chi connectivity index (χ0n) is 19.1. The molecule has 1 saturated heterocycles. The van der Waals surface area contributed by atoms with E-state index in [1.165, 1.54) is 4.90 Å². The number of ketones is 1. The molecule has 0 spiro atoms. The molecule has 0 aliphatic carbocycles. The van der Waals surface area contributed by atoms with E-state index in [0.717, 1.165) is 27.7 Å². The number of aliphatic hydroxyl groups excluding tert-OH is 1. The van der Waals surface area contributed by atoms with Crippen molar-refractivity contribution >= 4 is 34.0 Å². The number of carbonyl (C=O) groups is 2. The number of carbonyl (C=O) groups excluding carboxylic acids is 2. The summed E-state index contributed by atoms with van der Waals surface area (Å²) in [6, 6.07) is 21.1. The summed E-state index contributed by atoms with van der Waals surface area (Å²) < 4.78 is 5.26. The van der Waals surface area contributed by atoms with Gasteiger partial charge in [-0.15, -0.1) is 0 Å². The number of nitrogens with one attached hydrogen (secondary N) is 1. The Morgan fingerprint density at radius 3 is 2.29 bits per heavy atom. The highest BCUT2D eigenvalue weighted by Crippen LogP contribution is 2.45. The lowest BCUT2D eigenvalue weighted by Gasteiger charge is -2.26. The molecule has 170 valence electrons. The van der Waals surface area contributed by atoms with Gasteiger partial charge in [-0.3, -0.25) is 14.5 Å². The number of aromatic amines is 1. The fourth-order valence-electron chi connectivity index (χ4n) is 4.63. The fraction of sp³-hybridized carbons (Fsp3) is 0.143. The van der Waals surface area contributed by atoms with Gasteiger partial charge in [0.15, 0.2) is 0 Å². The van der Waals surface area contributed by atoms with E-state index >= 15 is 0 Å². The molecule has 34 heavy (non-hydrogen) atoms. The van der Waals surface area contributed by atoms with Crippen molar-refractivity contribution in [3.63, 3.8) is 0 Å². The van der Waals surface area contributed by atoms with Crippen molar-refractivity contribution in [1.82, 2.24) is 4.98 Å². The van der Waals surface area contributed by atoms with Crippen LogP contribution in [0.25, 0.3) is 16.7 Å². The molecule has 5 rings (SSSR count). The maximum absolute atomic E-state index is 13.4. The largest absolute Gasteiger partial charge is 0.507 e. The van der Waals surface area contributed by atoms with E-state index in [4.69, 9.17) is 4.74 Å². The highest BCUT2D eigenvalue weighted by atomic mass is 16.5. The van der Waals surface area contributed by atoms with E-state index in [9.17, 15) is 14.7 Å². The Morgan fingerprint density at radius 2 is 1.62 bits per heavy atom. The molecule has 0 saturated carbocycles. The molecule has 3 aromatic carbocycles. The topological polar surface area (TPSA) is 82.6 Å². The normalized spacial score (nSPS) is 17.5. The summed E-state index contributed by atoms with van der Waals surface area (Å²) in [4.78, 5) is 31.6. The quantitative estimate of drug-likeness (QED) is 0.246. The van der Waals surface area contributed by atoms with Crippen LogP contribution in [0, 0.1) is 13.8 Å². The van der Waals surface area contributed by atoms with Crippen LogP contribution in [0.3, 0.4) is 0 Å². The third-order valence-corrected chi connectivity index (χ3v) is 6.34. The number of hydrogen-bond acceptors (Lipinski definition) is 4. The first kappa shape index (κ1) is 21.5.